The van der Waals surface area contributed by atoms with Crippen molar-refractivity contribution < 1.29 is 37.7 Å². The van der Waals surface area contributed by atoms with Gasteiger partial charge in [-0.2, -0.15) is 0 Å². The molecule has 214 valence electrons. The molecule has 0 saturated carbocycles. The predicted molar refractivity (Wildman–Crippen MR) is 152 cm³/mol. The van der Waals surface area contributed by atoms with E-state index in [9.17, 15) is 24.0 Å². The molecule has 4 rings (SSSR count). The number of methoxy groups -OCH3 is 1. The molecule has 0 aliphatic rings. The summed E-state index contributed by atoms with van der Waals surface area (Å²) in [6.45, 7) is 3.91. The van der Waals surface area contributed by atoms with Gasteiger partial charge in [0.05, 0.1) is 42.7 Å². The third kappa shape index (κ3) is 6.20. The number of benzene rings is 2. The van der Waals surface area contributed by atoms with Gasteiger partial charge in [0.1, 0.15) is 23.4 Å². The zero-order valence-corrected chi connectivity index (χ0v) is 24.1. The van der Waals surface area contributed by atoms with E-state index in [1.54, 1.807) is 42.7 Å². The van der Waals surface area contributed by atoms with Crippen LogP contribution in [0, 0.1) is 5.82 Å². The molecule has 0 radical (unpaired) electrons. The number of hydrogen-bond donors (Lipinski definition) is 3. The molecule has 0 atom stereocenters. The van der Waals surface area contributed by atoms with Gasteiger partial charge in [-0.25, -0.2) is 4.39 Å². The van der Waals surface area contributed by atoms with Crippen LogP contribution in [0.3, 0.4) is 0 Å². The SMILES string of the molecule is CCOP(=O)(CNC(=O)CCSc1c2c(OC)c3cccnc3c(O)c2c(O)n1Cc1ccc(F)cc1)OCC. The highest BCUT2D eigenvalue weighted by Crippen LogP contribution is 2.51. The average molecular weight is 592 g/mol. The highest BCUT2D eigenvalue weighted by Gasteiger charge is 2.28. The van der Waals surface area contributed by atoms with Crippen molar-refractivity contribution in [2.24, 2.45) is 0 Å². The van der Waals surface area contributed by atoms with E-state index in [4.69, 9.17) is 13.8 Å². The molecule has 0 saturated heterocycles. The highest BCUT2D eigenvalue weighted by molar-refractivity contribution is 7.99. The van der Waals surface area contributed by atoms with Crippen LogP contribution in [0.25, 0.3) is 21.7 Å². The first-order valence-electron chi connectivity index (χ1n) is 12.6. The summed E-state index contributed by atoms with van der Waals surface area (Å²) in [5.74, 6) is -0.489. The fourth-order valence-electron chi connectivity index (χ4n) is 4.37. The molecule has 0 unspecified atom stereocenters. The van der Waals surface area contributed by atoms with Gasteiger partial charge in [-0.1, -0.05) is 12.1 Å². The lowest BCUT2D eigenvalue weighted by atomic mass is 10.1. The maximum absolute atomic E-state index is 13.5. The van der Waals surface area contributed by atoms with E-state index in [0.717, 1.165) is 0 Å². The molecule has 40 heavy (non-hydrogen) atoms. The number of aromatic nitrogens is 2. The van der Waals surface area contributed by atoms with Crippen molar-refractivity contribution in [3.63, 3.8) is 0 Å². The summed E-state index contributed by atoms with van der Waals surface area (Å²) < 4.78 is 43.9. The third-order valence-electron chi connectivity index (χ3n) is 6.08. The monoisotopic (exact) mass is 591 g/mol. The van der Waals surface area contributed by atoms with Crippen LogP contribution in [-0.4, -0.2) is 58.0 Å². The second kappa shape index (κ2) is 12.9. The smallest absolute Gasteiger partial charge is 0.349 e. The van der Waals surface area contributed by atoms with Gasteiger partial charge < -0.3 is 33.9 Å². The zero-order valence-electron chi connectivity index (χ0n) is 22.3. The molecule has 0 aliphatic carbocycles. The van der Waals surface area contributed by atoms with Gasteiger partial charge in [-0.05, 0) is 43.7 Å². The van der Waals surface area contributed by atoms with E-state index in [0.29, 0.717) is 27.1 Å². The second-order valence-corrected chi connectivity index (χ2v) is 11.8. The van der Waals surface area contributed by atoms with Gasteiger partial charge in [0, 0.05) is 23.8 Å². The molecule has 1 amide bonds. The van der Waals surface area contributed by atoms with Crippen LogP contribution in [0.4, 0.5) is 4.39 Å². The summed E-state index contributed by atoms with van der Waals surface area (Å²) in [5, 5.41) is 26.8. The number of fused-ring (bicyclic) bond motifs is 2. The number of ether oxygens (including phenoxy) is 1. The molecule has 0 fully saturated rings. The van der Waals surface area contributed by atoms with Crippen LogP contribution in [0.5, 0.6) is 17.4 Å². The number of amides is 1. The van der Waals surface area contributed by atoms with Crippen molar-refractivity contribution in [3.05, 3.63) is 54.0 Å². The van der Waals surface area contributed by atoms with Crippen LogP contribution in [0.15, 0.2) is 47.6 Å². The molecule has 2 aromatic heterocycles. The van der Waals surface area contributed by atoms with Crippen LogP contribution in [-0.2, 0) is 25.0 Å². The number of carbonyl (C=O) groups is 1. The van der Waals surface area contributed by atoms with Crippen LogP contribution >= 0.6 is 19.4 Å². The number of pyridine rings is 1. The fraction of sp³-hybridized carbons (Fsp3) is 0.333. The first-order valence-corrected chi connectivity index (χ1v) is 15.3. The molecule has 3 N–H and O–H groups in total. The normalized spacial score (nSPS) is 11.8. The van der Waals surface area contributed by atoms with E-state index < -0.39 is 7.60 Å². The van der Waals surface area contributed by atoms with Gasteiger partial charge in [-0.3, -0.25) is 14.3 Å². The lowest BCUT2D eigenvalue weighted by molar-refractivity contribution is -0.120. The summed E-state index contributed by atoms with van der Waals surface area (Å²) >= 11 is 1.27. The molecule has 0 bridgehead atoms. The molecular weight excluding hydrogens is 560 g/mol. The number of nitrogens with one attached hydrogen (secondary N) is 1. The molecule has 0 aliphatic heterocycles. The largest absolute Gasteiger partial charge is 0.505 e. The first kappa shape index (κ1) is 29.7. The van der Waals surface area contributed by atoms with E-state index in [2.05, 4.69) is 10.3 Å². The Balaban J connectivity index is 1.68. The van der Waals surface area contributed by atoms with E-state index in [-0.39, 0.29) is 72.5 Å². The minimum atomic E-state index is -3.44. The minimum absolute atomic E-state index is 0.0519. The zero-order chi connectivity index (χ0) is 28.9. The Morgan fingerprint density at radius 2 is 1.82 bits per heavy atom. The summed E-state index contributed by atoms with van der Waals surface area (Å²) in [4.78, 5) is 16.9. The van der Waals surface area contributed by atoms with Crippen molar-refractivity contribution in [2.75, 3.05) is 32.4 Å². The van der Waals surface area contributed by atoms with Gasteiger partial charge in [0.25, 0.3) is 0 Å². The Morgan fingerprint density at radius 3 is 2.48 bits per heavy atom. The van der Waals surface area contributed by atoms with Crippen molar-refractivity contribution in [2.45, 2.75) is 31.8 Å². The molecule has 10 nitrogen and oxygen atoms in total. The number of phenols is 1. The van der Waals surface area contributed by atoms with Crippen LogP contribution in [0.2, 0.25) is 0 Å². The van der Waals surface area contributed by atoms with Gasteiger partial charge in [0.2, 0.25) is 11.8 Å². The molecule has 2 aromatic carbocycles. The lowest BCUT2D eigenvalue weighted by Gasteiger charge is -2.17. The Labute approximate surface area is 235 Å². The van der Waals surface area contributed by atoms with E-state index in [1.807, 2.05) is 0 Å². The minimum Gasteiger partial charge on any atom is -0.505 e. The number of carbonyl (C=O) groups excluding carboxylic acids is 1. The average Bonchev–Trinajstić information content (AvgIpc) is 3.20. The molecule has 2 heterocycles. The molecular formula is C27H31FN3O7PS. The Bertz CT molecular complexity index is 1550. The van der Waals surface area contributed by atoms with Crippen molar-refractivity contribution >= 4 is 46.9 Å². The number of aromatic hydroxyl groups is 2. The molecule has 4 aromatic rings. The van der Waals surface area contributed by atoms with Crippen LogP contribution in [0.1, 0.15) is 25.8 Å². The number of halogens is 1. The maximum Gasteiger partial charge on any atom is 0.349 e. The summed E-state index contributed by atoms with van der Waals surface area (Å²) in [6.07, 6.45) is 1.34. The van der Waals surface area contributed by atoms with Crippen molar-refractivity contribution in [1.29, 1.82) is 0 Å². The first-order chi connectivity index (χ1) is 19.2. The topological polar surface area (TPSA) is 132 Å². The summed E-state index contributed by atoms with van der Waals surface area (Å²) in [5.41, 5.74) is 0.977. The number of nitrogens with zero attached hydrogens (tertiary/aromatic N) is 2. The van der Waals surface area contributed by atoms with Gasteiger partial charge in [0.15, 0.2) is 5.75 Å². The quantitative estimate of drug-likeness (QED) is 0.134. The number of phenolic OH excluding ortho intramolecular Hbond substituents is 1. The summed E-state index contributed by atoms with van der Waals surface area (Å²) in [7, 11) is -1.95. The molecule has 13 heteroatoms. The number of rotatable bonds is 13. The van der Waals surface area contributed by atoms with Gasteiger partial charge in [-0.15, -0.1) is 11.8 Å². The predicted octanol–water partition coefficient (Wildman–Crippen LogP) is 5.62. The lowest BCUT2D eigenvalue weighted by Crippen LogP contribution is -2.26. The highest BCUT2D eigenvalue weighted by atomic mass is 32.2. The van der Waals surface area contributed by atoms with Crippen molar-refractivity contribution in [1.82, 2.24) is 14.9 Å². The van der Waals surface area contributed by atoms with Crippen LogP contribution < -0.4 is 10.1 Å². The fourth-order valence-corrected chi connectivity index (χ4v) is 6.91. The van der Waals surface area contributed by atoms with Gasteiger partial charge >= 0.3 is 7.60 Å². The maximum atomic E-state index is 13.5. The standard InChI is InChI=1S/C27H31FN3O7PS/c1-4-37-39(35,38-5-2)16-30-20(32)12-14-40-27-22-21(24(33)23-19(25(22)36-3)7-6-13-29-23)26(34)31(27)15-17-8-10-18(28)11-9-17/h6-11,13,33-34H,4-5,12,14-16H2,1-3H3,(H,30,32). The second-order valence-electron chi connectivity index (χ2n) is 8.68. The number of hydrogen-bond acceptors (Lipinski definition) is 9. The number of thioether (sulfide) groups is 1. The third-order valence-corrected chi connectivity index (χ3v) is 9.03. The Morgan fingerprint density at radius 1 is 1.12 bits per heavy atom. The van der Waals surface area contributed by atoms with Crippen molar-refractivity contribution in [3.8, 4) is 17.4 Å². The molecule has 0 spiro atoms. The Hall–Kier alpha value is -3.31. The van der Waals surface area contributed by atoms with E-state index in [1.165, 1.54) is 37.2 Å². The summed E-state index contributed by atoms with van der Waals surface area (Å²) in [6, 6.07) is 9.33. The van der Waals surface area contributed by atoms with E-state index >= 15 is 0 Å². The Kier molecular flexibility index (Phi) is 9.57.